The lowest BCUT2D eigenvalue weighted by Gasteiger charge is -2.34. The summed E-state index contributed by atoms with van der Waals surface area (Å²) in [5, 5.41) is 0. The van der Waals surface area contributed by atoms with Gasteiger partial charge in [-0.2, -0.15) is 0 Å². The molecule has 33 heavy (non-hydrogen) atoms. The Morgan fingerprint density at radius 2 is 1.67 bits per heavy atom. The fourth-order valence-corrected chi connectivity index (χ4v) is 4.89. The van der Waals surface area contributed by atoms with Crippen molar-refractivity contribution in [2.45, 2.75) is 84.2 Å². The number of carbonyl (C=O) groups is 2. The fraction of sp³-hybridized carbons (Fsp3) is 0.643. The topological polar surface area (TPSA) is 49.9 Å². The minimum Gasteiger partial charge on any atom is -0.443 e. The monoisotopic (exact) mass is 454 g/mol. The van der Waals surface area contributed by atoms with Crippen LogP contribution in [0, 0.1) is 5.92 Å². The van der Waals surface area contributed by atoms with Gasteiger partial charge in [-0.1, -0.05) is 61.2 Å². The standard InChI is InChI=1S/C28H42N2O3/c1-23(21-24-13-7-4-8-14-24)22-30(26(31)25-15-9-5-10-16-25)20-17-28(2,3)33-27(32)29-18-11-6-12-19-29/h4,7-8,13-14,21,25H,5-6,9-12,15-20,22H2,1-3H3. The highest BCUT2D eigenvalue weighted by atomic mass is 16.6. The number of nitrogens with zero attached hydrogens (tertiary/aromatic N) is 2. The van der Waals surface area contributed by atoms with Gasteiger partial charge in [0.2, 0.25) is 5.91 Å². The van der Waals surface area contributed by atoms with E-state index in [-0.39, 0.29) is 17.9 Å². The van der Waals surface area contributed by atoms with Gasteiger partial charge in [-0.3, -0.25) is 4.79 Å². The van der Waals surface area contributed by atoms with Crippen molar-refractivity contribution >= 4 is 18.1 Å². The van der Waals surface area contributed by atoms with Crippen molar-refractivity contribution < 1.29 is 14.3 Å². The van der Waals surface area contributed by atoms with E-state index in [1.807, 2.05) is 41.8 Å². The largest absolute Gasteiger partial charge is 0.443 e. The molecular weight excluding hydrogens is 412 g/mol. The van der Waals surface area contributed by atoms with E-state index in [9.17, 15) is 9.59 Å². The van der Waals surface area contributed by atoms with E-state index in [0.717, 1.165) is 62.8 Å². The van der Waals surface area contributed by atoms with Crippen molar-refractivity contribution in [3.63, 3.8) is 0 Å². The van der Waals surface area contributed by atoms with Crippen LogP contribution < -0.4 is 0 Å². The van der Waals surface area contributed by atoms with E-state index in [1.165, 1.54) is 12.8 Å². The Kier molecular flexibility index (Phi) is 9.40. The van der Waals surface area contributed by atoms with E-state index < -0.39 is 5.60 Å². The lowest BCUT2D eigenvalue weighted by Crippen LogP contribution is -2.44. The molecule has 182 valence electrons. The molecule has 2 aliphatic rings. The van der Waals surface area contributed by atoms with Crippen LogP contribution in [0.3, 0.4) is 0 Å². The van der Waals surface area contributed by atoms with Gasteiger partial charge in [-0.25, -0.2) is 4.79 Å². The quantitative estimate of drug-likeness (QED) is 0.464. The van der Waals surface area contributed by atoms with Crippen molar-refractivity contribution in [2.24, 2.45) is 5.92 Å². The predicted octanol–water partition coefficient (Wildman–Crippen LogP) is 6.29. The van der Waals surface area contributed by atoms with Crippen LogP contribution in [0.2, 0.25) is 0 Å². The molecule has 1 aromatic rings. The number of hydrogen-bond acceptors (Lipinski definition) is 3. The molecule has 0 bridgehead atoms. The van der Waals surface area contributed by atoms with Crippen LogP contribution in [0.15, 0.2) is 35.9 Å². The summed E-state index contributed by atoms with van der Waals surface area (Å²) in [6, 6.07) is 10.2. The molecule has 3 rings (SSSR count). The summed E-state index contributed by atoms with van der Waals surface area (Å²) in [5.74, 6) is 0.385. The first-order valence-corrected chi connectivity index (χ1v) is 12.8. The summed E-state index contributed by atoms with van der Waals surface area (Å²) >= 11 is 0. The van der Waals surface area contributed by atoms with E-state index in [2.05, 4.69) is 25.1 Å². The van der Waals surface area contributed by atoms with E-state index in [1.54, 1.807) is 0 Å². The van der Waals surface area contributed by atoms with Gasteiger partial charge in [0.05, 0.1) is 0 Å². The molecule has 0 spiro atoms. The zero-order valence-electron chi connectivity index (χ0n) is 20.9. The molecule has 1 aromatic carbocycles. The maximum absolute atomic E-state index is 13.5. The summed E-state index contributed by atoms with van der Waals surface area (Å²) in [4.78, 5) is 29.9. The van der Waals surface area contributed by atoms with Crippen molar-refractivity contribution in [1.29, 1.82) is 0 Å². The summed E-state index contributed by atoms with van der Waals surface area (Å²) in [5.41, 5.74) is 1.70. The van der Waals surface area contributed by atoms with Crippen LogP contribution in [0.25, 0.3) is 6.08 Å². The van der Waals surface area contributed by atoms with Crippen molar-refractivity contribution in [3.8, 4) is 0 Å². The number of ether oxygens (including phenoxy) is 1. The van der Waals surface area contributed by atoms with Crippen LogP contribution in [-0.4, -0.2) is 53.6 Å². The number of likely N-dealkylation sites (tertiary alicyclic amines) is 1. The molecule has 1 saturated carbocycles. The number of rotatable bonds is 8. The van der Waals surface area contributed by atoms with Crippen LogP contribution in [0.5, 0.6) is 0 Å². The minimum atomic E-state index is -0.614. The molecule has 1 aliphatic heterocycles. The third kappa shape index (κ3) is 8.21. The van der Waals surface area contributed by atoms with Crippen LogP contribution in [-0.2, 0) is 9.53 Å². The van der Waals surface area contributed by atoms with Gasteiger partial charge in [0.1, 0.15) is 5.60 Å². The van der Waals surface area contributed by atoms with E-state index in [0.29, 0.717) is 19.5 Å². The normalized spacial score (nSPS) is 18.2. The Hall–Kier alpha value is -2.30. The zero-order valence-corrected chi connectivity index (χ0v) is 20.9. The third-order valence-corrected chi connectivity index (χ3v) is 6.88. The van der Waals surface area contributed by atoms with Gasteiger partial charge in [0.25, 0.3) is 0 Å². The number of carbonyl (C=O) groups excluding carboxylic acids is 2. The van der Waals surface area contributed by atoms with Gasteiger partial charge >= 0.3 is 6.09 Å². The van der Waals surface area contributed by atoms with Crippen LogP contribution in [0.1, 0.15) is 84.1 Å². The summed E-state index contributed by atoms with van der Waals surface area (Å²) in [6.07, 6.45) is 11.3. The number of hydrogen-bond donors (Lipinski definition) is 0. The molecule has 0 unspecified atom stereocenters. The Labute approximate surface area is 200 Å². The smallest absolute Gasteiger partial charge is 0.410 e. The molecule has 2 amide bonds. The van der Waals surface area contributed by atoms with Gasteiger partial charge in [0, 0.05) is 38.5 Å². The maximum Gasteiger partial charge on any atom is 0.410 e. The highest BCUT2D eigenvalue weighted by Crippen LogP contribution is 2.27. The zero-order chi connectivity index (χ0) is 23.7. The number of amides is 2. The highest BCUT2D eigenvalue weighted by molar-refractivity contribution is 5.79. The predicted molar refractivity (Wildman–Crippen MR) is 134 cm³/mol. The second-order valence-corrected chi connectivity index (χ2v) is 10.4. The lowest BCUT2D eigenvalue weighted by atomic mass is 9.88. The maximum atomic E-state index is 13.5. The molecule has 0 radical (unpaired) electrons. The third-order valence-electron chi connectivity index (χ3n) is 6.88. The molecule has 0 atom stereocenters. The lowest BCUT2D eigenvalue weighted by molar-refractivity contribution is -0.136. The molecule has 1 aliphatic carbocycles. The van der Waals surface area contributed by atoms with Crippen molar-refractivity contribution in [2.75, 3.05) is 26.2 Å². The minimum absolute atomic E-state index is 0.127. The first-order valence-electron chi connectivity index (χ1n) is 12.8. The van der Waals surface area contributed by atoms with Crippen LogP contribution >= 0.6 is 0 Å². The van der Waals surface area contributed by atoms with Gasteiger partial charge < -0.3 is 14.5 Å². The Bertz CT molecular complexity index is 791. The summed E-state index contributed by atoms with van der Waals surface area (Å²) < 4.78 is 5.89. The van der Waals surface area contributed by atoms with Crippen molar-refractivity contribution in [1.82, 2.24) is 9.80 Å². The molecule has 5 heteroatoms. The first kappa shape index (κ1) is 25.3. The van der Waals surface area contributed by atoms with Gasteiger partial charge in [-0.15, -0.1) is 0 Å². The van der Waals surface area contributed by atoms with Crippen molar-refractivity contribution in [3.05, 3.63) is 41.5 Å². The molecule has 1 heterocycles. The average Bonchev–Trinajstić information content (AvgIpc) is 2.83. The SMILES string of the molecule is CC(=Cc1ccccc1)CN(CCC(C)(C)OC(=O)N1CCCCC1)C(=O)C1CCCCC1. The van der Waals surface area contributed by atoms with Crippen LogP contribution in [0.4, 0.5) is 4.79 Å². The fourth-order valence-electron chi connectivity index (χ4n) is 4.89. The van der Waals surface area contributed by atoms with Gasteiger partial charge in [-0.05, 0) is 58.4 Å². The molecule has 5 nitrogen and oxygen atoms in total. The summed E-state index contributed by atoms with van der Waals surface area (Å²) in [6.45, 7) is 8.79. The highest BCUT2D eigenvalue weighted by Gasteiger charge is 2.31. The summed E-state index contributed by atoms with van der Waals surface area (Å²) in [7, 11) is 0. The number of benzene rings is 1. The Morgan fingerprint density at radius 3 is 2.33 bits per heavy atom. The second-order valence-electron chi connectivity index (χ2n) is 10.4. The average molecular weight is 455 g/mol. The molecule has 2 fully saturated rings. The Morgan fingerprint density at radius 1 is 1.03 bits per heavy atom. The Balaban J connectivity index is 1.64. The second kappa shape index (κ2) is 12.2. The van der Waals surface area contributed by atoms with E-state index >= 15 is 0 Å². The van der Waals surface area contributed by atoms with E-state index in [4.69, 9.17) is 4.74 Å². The molecule has 0 N–H and O–H groups in total. The van der Waals surface area contributed by atoms with Gasteiger partial charge in [0.15, 0.2) is 0 Å². The number of piperidine rings is 1. The first-order chi connectivity index (χ1) is 15.8. The molecule has 1 saturated heterocycles. The molecular formula is C28H42N2O3. The molecule has 0 aromatic heterocycles.